The number of amides is 1. The molecule has 1 rings (SSSR count). The Morgan fingerprint density at radius 3 is 2.19 bits per heavy atom. The van der Waals surface area contributed by atoms with Crippen molar-refractivity contribution >= 4 is 15.9 Å². The third-order valence-corrected chi connectivity index (χ3v) is 2.54. The standard InChI is InChI=1S/C7H5F3N2O3S/c8-7(9,10)16(14,15)12-6(13)5-1-3-11-4-2-5/h1-4H,(H,12,13). The van der Waals surface area contributed by atoms with Gasteiger partial charge < -0.3 is 0 Å². The van der Waals surface area contributed by atoms with Crippen molar-refractivity contribution in [3.8, 4) is 0 Å². The minimum Gasteiger partial charge on any atom is -0.268 e. The summed E-state index contributed by atoms with van der Waals surface area (Å²) in [5, 5.41) is 0. The predicted molar refractivity (Wildman–Crippen MR) is 46.7 cm³/mol. The lowest BCUT2D eigenvalue weighted by atomic mass is 10.3. The van der Waals surface area contributed by atoms with E-state index in [1.807, 2.05) is 0 Å². The Morgan fingerprint density at radius 2 is 1.75 bits per heavy atom. The molecule has 0 saturated carbocycles. The zero-order valence-electron chi connectivity index (χ0n) is 7.52. The number of halogens is 3. The highest BCUT2D eigenvalue weighted by atomic mass is 32.2. The average Bonchev–Trinajstić information content (AvgIpc) is 2.16. The van der Waals surface area contributed by atoms with Crippen molar-refractivity contribution in [2.45, 2.75) is 5.51 Å². The molecule has 0 aromatic carbocycles. The van der Waals surface area contributed by atoms with Gasteiger partial charge in [-0.25, -0.2) is 4.72 Å². The van der Waals surface area contributed by atoms with Gasteiger partial charge in [-0.3, -0.25) is 9.78 Å². The number of sulfonamides is 1. The topological polar surface area (TPSA) is 76.1 Å². The highest BCUT2D eigenvalue weighted by Crippen LogP contribution is 2.21. The van der Waals surface area contributed by atoms with Crippen molar-refractivity contribution in [3.63, 3.8) is 0 Å². The van der Waals surface area contributed by atoms with Crippen molar-refractivity contribution in [3.05, 3.63) is 30.1 Å². The third-order valence-electron chi connectivity index (χ3n) is 1.47. The van der Waals surface area contributed by atoms with E-state index in [0.717, 1.165) is 29.2 Å². The van der Waals surface area contributed by atoms with Crippen LogP contribution in [0, 0.1) is 0 Å². The van der Waals surface area contributed by atoms with Gasteiger partial charge >= 0.3 is 15.5 Å². The molecule has 0 fully saturated rings. The maximum Gasteiger partial charge on any atom is 0.516 e. The van der Waals surface area contributed by atoms with E-state index >= 15 is 0 Å². The molecule has 0 unspecified atom stereocenters. The van der Waals surface area contributed by atoms with Gasteiger partial charge in [0.1, 0.15) is 0 Å². The summed E-state index contributed by atoms with van der Waals surface area (Å²) in [6.45, 7) is 0. The molecule has 0 aliphatic heterocycles. The lowest BCUT2D eigenvalue weighted by molar-refractivity contribution is -0.0446. The molecule has 1 heterocycles. The number of carbonyl (C=O) groups excluding carboxylic acids is 1. The van der Waals surface area contributed by atoms with Gasteiger partial charge in [-0.2, -0.15) is 21.6 Å². The van der Waals surface area contributed by atoms with Gasteiger partial charge in [0, 0.05) is 18.0 Å². The second-order valence-electron chi connectivity index (χ2n) is 2.62. The normalized spacial score (nSPS) is 12.2. The molecular formula is C7H5F3N2O3S. The summed E-state index contributed by atoms with van der Waals surface area (Å²) in [4.78, 5) is 14.6. The monoisotopic (exact) mass is 254 g/mol. The van der Waals surface area contributed by atoms with Crippen molar-refractivity contribution < 1.29 is 26.4 Å². The first-order valence-electron chi connectivity index (χ1n) is 3.77. The van der Waals surface area contributed by atoms with E-state index in [4.69, 9.17) is 0 Å². The van der Waals surface area contributed by atoms with Gasteiger partial charge in [-0.1, -0.05) is 0 Å². The lowest BCUT2D eigenvalue weighted by Crippen LogP contribution is -2.40. The van der Waals surface area contributed by atoms with Crippen LogP contribution in [0.5, 0.6) is 0 Å². The fraction of sp³-hybridized carbons (Fsp3) is 0.143. The molecule has 1 amide bonds. The number of aromatic nitrogens is 1. The van der Waals surface area contributed by atoms with Gasteiger partial charge in [0.15, 0.2) is 0 Å². The number of hydrogen-bond acceptors (Lipinski definition) is 4. The second kappa shape index (κ2) is 4.08. The maximum atomic E-state index is 11.9. The third kappa shape index (κ3) is 2.69. The molecular weight excluding hydrogens is 249 g/mol. The van der Waals surface area contributed by atoms with Crippen LogP contribution in [0.2, 0.25) is 0 Å². The van der Waals surface area contributed by atoms with Crippen LogP contribution in [-0.4, -0.2) is 24.8 Å². The fourth-order valence-electron chi connectivity index (χ4n) is 0.742. The van der Waals surface area contributed by atoms with Crippen LogP contribution in [-0.2, 0) is 10.0 Å². The van der Waals surface area contributed by atoms with Gasteiger partial charge in [-0.15, -0.1) is 0 Å². The van der Waals surface area contributed by atoms with Gasteiger partial charge in [0.2, 0.25) is 0 Å². The van der Waals surface area contributed by atoms with Gasteiger partial charge in [0.05, 0.1) is 0 Å². The summed E-state index contributed by atoms with van der Waals surface area (Å²) in [6, 6.07) is 2.17. The maximum absolute atomic E-state index is 11.9. The van der Waals surface area contributed by atoms with Crippen molar-refractivity contribution in [1.29, 1.82) is 0 Å². The van der Waals surface area contributed by atoms with E-state index < -0.39 is 21.4 Å². The molecule has 88 valence electrons. The summed E-state index contributed by atoms with van der Waals surface area (Å²) in [5.41, 5.74) is -5.75. The minimum atomic E-state index is -5.67. The van der Waals surface area contributed by atoms with E-state index in [9.17, 15) is 26.4 Å². The van der Waals surface area contributed by atoms with Crippen LogP contribution in [0.15, 0.2) is 24.5 Å². The molecule has 1 aromatic heterocycles. The zero-order valence-corrected chi connectivity index (χ0v) is 8.34. The Balaban J connectivity index is 2.89. The Hall–Kier alpha value is -1.64. The minimum absolute atomic E-state index is 0.233. The zero-order chi connectivity index (χ0) is 12.4. The largest absolute Gasteiger partial charge is 0.516 e. The first-order valence-corrected chi connectivity index (χ1v) is 5.26. The molecule has 0 spiro atoms. The Kier molecular flexibility index (Phi) is 3.17. The van der Waals surface area contributed by atoms with E-state index in [1.165, 1.54) is 0 Å². The molecule has 0 aliphatic rings. The molecule has 0 saturated heterocycles. The molecule has 0 atom stereocenters. The Labute approximate surface area is 88.3 Å². The van der Waals surface area contributed by atoms with E-state index in [-0.39, 0.29) is 5.56 Å². The van der Waals surface area contributed by atoms with Crippen LogP contribution in [0.4, 0.5) is 13.2 Å². The number of alkyl halides is 3. The van der Waals surface area contributed by atoms with E-state index in [2.05, 4.69) is 4.98 Å². The van der Waals surface area contributed by atoms with Crippen molar-refractivity contribution in [1.82, 2.24) is 9.71 Å². The quantitative estimate of drug-likeness (QED) is 0.841. The molecule has 5 nitrogen and oxygen atoms in total. The molecule has 0 aliphatic carbocycles. The molecule has 0 radical (unpaired) electrons. The Bertz CT molecular complexity index is 483. The van der Waals surface area contributed by atoms with Crippen molar-refractivity contribution in [2.75, 3.05) is 0 Å². The summed E-state index contributed by atoms with van der Waals surface area (Å²) >= 11 is 0. The predicted octanol–water partition coefficient (Wildman–Crippen LogP) is 0.661. The van der Waals surface area contributed by atoms with Crippen LogP contribution in [0.1, 0.15) is 10.4 Å². The van der Waals surface area contributed by atoms with E-state index in [0.29, 0.717) is 0 Å². The first kappa shape index (κ1) is 12.4. The SMILES string of the molecule is O=C(NS(=O)(=O)C(F)(F)F)c1ccncc1. The Morgan fingerprint density at radius 1 is 1.25 bits per heavy atom. The smallest absolute Gasteiger partial charge is 0.268 e. The van der Waals surface area contributed by atoms with E-state index in [1.54, 1.807) is 0 Å². The number of nitrogens with one attached hydrogen (secondary N) is 1. The summed E-state index contributed by atoms with van der Waals surface area (Å²) in [5.74, 6) is -1.36. The highest BCUT2D eigenvalue weighted by Gasteiger charge is 2.47. The number of hydrogen-bond donors (Lipinski definition) is 1. The molecule has 1 N–H and O–H groups in total. The molecule has 1 aromatic rings. The van der Waals surface area contributed by atoms with Crippen LogP contribution in [0.3, 0.4) is 0 Å². The molecule has 9 heteroatoms. The number of rotatable bonds is 2. The molecule has 0 bridgehead atoms. The lowest BCUT2D eigenvalue weighted by Gasteiger charge is -2.08. The number of pyridine rings is 1. The van der Waals surface area contributed by atoms with Gasteiger partial charge in [-0.05, 0) is 12.1 Å². The fourth-order valence-corrected chi connectivity index (χ4v) is 1.22. The van der Waals surface area contributed by atoms with Crippen LogP contribution >= 0.6 is 0 Å². The first-order chi connectivity index (χ1) is 7.24. The summed E-state index contributed by atoms with van der Waals surface area (Å²) < 4.78 is 57.7. The highest BCUT2D eigenvalue weighted by molar-refractivity contribution is 7.90. The summed E-state index contributed by atoms with van der Waals surface area (Å²) in [6.07, 6.45) is 2.30. The summed E-state index contributed by atoms with van der Waals surface area (Å²) in [7, 11) is -5.67. The van der Waals surface area contributed by atoms with Crippen LogP contribution < -0.4 is 4.72 Å². The van der Waals surface area contributed by atoms with Gasteiger partial charge in [0.25, 0.3) is 5.91 Å². The molecule has 16 heavy (non-hydrogen) atoms. The second-order valence-corrected chi connectivity index (χ2v) is 4.29. The number of carbonyl (C=O) groups is 1. The average molecular weight is 254 g/mol. The number of nitrogens with zero attached hydrogens (tertiary/aromatic N) is 1. The van der Waals surface area contributed by atoms with Crippen molar-refractivity contribution in [2.24, 2.45) is 0 Å². The van der Waals surface area contributed by atoms with Crippen LogP contribution in [0.25, 0.3) is 0 Å².